The molecule has 2 N–H and O–H groups in total. The zero-order chi connectivity index (χ0) is 27.7. The summed E-state index contributed by atoms with van der Waals surface area (Å²) in [4.78, 5) is 31.7. The number of benzene rings is 2. The first-order chi connectivity index (χ1) is 18.6. The number of alkyl halides is 3. The number of aryl methyl sites for hydroxylation is 1. The molecule has 1 saturated heterocycles. The number of fused-ring (bicyclic) bond motifs is 1. The summed E-state index contributed by atoms with van der Waals surface area (Å²) in [6.45, 7) is 4.21. The first-order valence-corrected chi connectivity index (χ1v) is 12.3. The van der Waals surface area contributed by atoms with Crippen molar-refractivity contribution in [3.63, 3.8) is 0 Å². The highest BCUT2D eigenvalue weighted by Crippen LogP contribution is 2.30. The fourth-order valence-corrected chi connectivity index (χ4v) is 4.54. The Morgan fingerprint density at radius 1 is 1.08 bits per heavy atom. The second-order valence-corrected chi connectivity index (χ2v) is 9.38. The van der Waals surface area contributed by atoms with Crippen molar-refractivity contribution in [1.82, 2.24) is 19.8 Å². The number of aromatic nitrogens is 2. The molecular weight excluding hydrogens is 511 g/mol. The number of piperazine rings is 1. The number of rotatable bonds is 5. The molecule has 4 aromatic rings. The lowest BCUT2D eigenvalue weighted by molar-refractivity contribution is -0.137. The Kier molecular flexibility index (Phi) is 7.00. The van der Waals surface area contributed by atoms with E-state index in [4.69, 9.17) is 4.74 Å². The number of hydrogen-bond donors (Lipinski definition) is 2. The molecule has 3 heterocycles. The van der Waals surface area contributed by atoms with Gasteiger partial charge in [0.25, 0.3) is 11.8 Å². The molecule has 0 unspecified atom stereocenters. The normalized spacial score (nSPS) is 15.8. The number of halogens is 3. The summed E-state index contributed by atoms with van der Waals surface area (Å²) in [6.07, 6.45) is -3.08. The van der Waals surface area contributed by atoms with Gasteiger partial charge in [0.15, 0.2) is 0 Å². The Bertz CT molecular complexity index is 1510. The van der Waals surface area contributed by atoms with E-state index in [0.29, 0.717) is 23.7 Å². The van der Waals surface area contributed by atoms with Crippen molar-refractivity contribution in [2.24, 2.45) is 7.05 Å². The zero-order valence-corrected chi connectivity index (χ0v) is 21.2. The average molecular weight is 538 g/mol. The van der Waals surface area contributed by atoms with Crippen molar-refractivity contribution in [3.8, 4) is 11.6 Å². The van der Waals surface area contributed by atoms with Gasteiger partial charge in [-0.1, -0.05) is 0 Å². The second-order valence-electron chi connectivity index (χ2n) is 9.38. The topological polar surface area (TPSA) is 88.5 Å². The quantitative estimate of drug-likeness (QED) is 0.371. The van der Waals surface area contributed by atoms with Gasteiger partial charge in [-0.2, -0.15) is 13.2 Å². The van der Waals surface area contributed by atoms with Crippen molar-refractivity contribution in [2.45, 2.75) is 19.1 Å². The van der Waals surface area contributed by atoms with E-state index in [1.807, 2.05) is 41.6 Å². The van der Waals surface area contributed by atoms with Crippen LogP contribution in [-0.4, -0.2) is 51.9 Å². The lowest BCUT2D eigenvalue weighted by Gasteiger charge is -2.34. The van der Waals surface area contributed by atoms with Crippen LogP contribution in [0.5, 0.6) is 11.6 Å². The third-order valence-electron chi connectivity index (χ3n) is 6.69. The summed E-state index contributed by atoms with van der Waals surface area (Å²) < 4.78 is 46.0. The van der Waals surface area contributed by atoms with Gasteiger partial charge in [-0.05, 0) is 61.5 Å². The van der Waals surface area contributed by atoms with Crippen LogP contribution < -0.4 is 15.4 Å². The van der Waals surface area contributed by atoms with Gasteiger partial charge < -0.3 is 24.8 Å². The lowest BCUT2D eigenvalue weighted by Crippen LogP contribution is -2.52. The number of anilines is 1. The molecule has 0 bridgehead atoms. The van der Waals surface area contributed by atoms with Gasteiger partial charge in [-0.3, -0.25) is 9.59 Å². The monoisotopic (exact) mass is 537 g/mol. The van der Waals surface area contributed by atoms with Crippen molar-refractivity contribution in [2.75, 3.05) is 25.0 Å². The number of amides is 2. The van der Waals surface area contributed by atoms with Crippen LogP contribution in [0.15, 0.2) is 66.9 Å². The van der Waals surface area contributed by atoms with Gasteiger partial charge in [0, 0.05) is 55.3 Å². The number of carbonyl (C=O) groups is 2. The van der Waals surface area contributed by atoms with Gasteiger partial charge in [-0.25, -0.2) is 4.98 Å². The summed E-state index contributed by atoms with van der Waals surface area (Å²) in [5, 5.41) is 6.74. The Hall–Kier alpha value is -4.38. The fraction of sp³-hybridized carbons (Fsp3) is 0.250. The fourth-order valence-electron chi connectivity index (χ4n) is 4.54. The van der Waals surface area contributed by atoms with Crippen LogP contribution in [0.1, 0.15) is 33.3 Å². The van der Waals surface area contributed by atoms with Crippen LogP contribution in [0.3, 0.4) is 0 Å². The molecule has 8 nitrogen and oxygen atoms in total. The third-order valence-corrected chi connectivity index (χ3v) is 6.69. The van der Waals surface area contributed by atoms with Gasteiger partial charge >= 0.3 is 6.18 Å². The minimum atomic E-state index is -4.47. The van der Waals surface area contributed by atoms with Crippen LogP contribution in [0, 0.1) is 0 Å². The summed E-state index contributed by atoms with van der Waals surface area (Å²) >= 11 is 0. The number of carbonyl (C=O) groups excluding carboxylic acids is 2. The Morgan fingerprint density at radius 2 is 1.85 bits per heavy atom. The molecule has 1 atom stereocenters. The molecule has 11 heteroatoms. The number of ether oxygens (including phenoxy) is 1. The summed E-state index contributed by atoms with van der Waals surface area (Å²) in [7, 11) is 1.86. The minimum absolute atomic E-state index is 0.0132. The summed E-state index contributed by atoms with van der Waals surface area (Å²) in [5.74, 6) is 0.232. The van der Waals surface area contributed by atoms with Gasteiger partial charge in [0.05, 0.1) is 17.4 Å². The number of nitrogens with zero attached hydrogens (tertiary/aromatic N) is 3. The van der Waals surface area contributed by atoms with Crippen LogP contribution in [0.4, 0.5) is 18.9 Å². The van der Waals surface area contributed by atoms with E-state index >= 15 is 0 Å². The van der Waals surface area contributed by atoms with E-state index in [0.717, 1.165) is 48.3 Å². The van der Waals surface area contributed by atoms with Crippen LogP contribution >= 0.6 is 0 Å². The molecule has 2 aromatic heterocycles. The maximum Gasteiger partial charge on any atom is 0.416 e. The van der Waals surface area contributed by atoms with E-state index in [1.165, 1.54) is 6.20 Å². The predicted molar refractivity (Wildman–Crippen MR) is 140 cm³/mol. The molecular formula is C28H26F3N5O3. The smallest absolute Gasteiger partial charge is 0.416 e. The molecule has 1 aliphatic rings. The Morgan fingerprint density at radius 3 is 2.51 bits per heavy atom. The number of pyridine rings is 1. The van der Waals surface area contributed by atoms with Crippen molar-refractivity contribution in [1.29, 1.82) is 0 Å². The molecule has 0 saturated carbocycles. The molecule has 0 radical (unpaired) electrons. The maximum absolute atomic E-state index is 13.2. The first kappa shape index (κ1) is 26.2. The largest absolute Gasteiger partial charge is 0.439 e. The van der Waals surface area contributed by atoms with E-state index in [1.54, 1.807) is 18.2 Å². The van der Waals surface area contributed by atoms with Crippen molar-refractivity contribution in [3.05, 3.63) is 83.7 Å². The molecule has 5 rings (SSSR count). The van der Waals surface area contributed by atoms with E-state index < -0.39 is 17.6 Å². The van der Waals surface area contributed by atoms with Gasteiger partial charge in [-0.15, -0.1) is 0 Å². The highest BCUT2D eigenvalue weighted by atomic mass is 19.4. The molecule has 202 valence electrons. The molecule has 1 aliphatic heterocycles. The summed E-state index contributed by atoms with van der Waals surface area (Å²) in [6, 6.07) is 14.6. The molecule has 2 aromatic carbocycles. The van der Waals surface area contributed by atoms with Gasteiger partial charge in [0.2, 0.25) is 5.88 Å². The van der Waals surface area contributed by atoms with Gasteiger partial charge in [0.1, 0.15) is 11.4 Å². The predicted octanol–water partition coefficient (Wildman–Crippen LogP) is 5.07. The first-order valence-electron chi connectivity index (χ1n) is 12.3. The standard InChI is InChI=1S/C28H26F3N5O3/c1-17-15-32-11-12-36(17)27(38)24-14-19-13-22(8-9-23(19)35(24)2)39-25-10-7-21(16-33-25)34-26(37)18-3-5-20(6-4-18)28(29,30)31/h3-10,13-14,16-17,32H,11-12,15H2,1-2H3,(H,34,37)/t17-/m1/s1. The molecule has 1 fully saturated rings. The van der Waals surface area contributed by atoms with E-state index in [-0.39, 0.29) is 23.4 Å². The minimum Gasteiger partial charge on any atom is -0.439 e. The highest BCUT2D eigenvalue weighted by molar-refractivity contribution is 6.04. The lowest BCUT2D eigenvalue weighted by atomic mass is 10.1. The van der Waals surface area contributed by atoms with Crippen LogP contribution in [0.25, 0.3) is 10.9 Å². The maximum atomic E-state index is 13.2. The molecule has 0 aliphatic carbocycles. The van der Waals surface area contributed by atoms with Crippen molar-refractivity contribution >= 4 is 28.4 Å². The van der Waals surface area contributed by atoms with Crippen LogP contribution in [0.2, 0.25) is 0 Å². The van der Waals surface area contributed by atoms with Crippen LogP contribution in [-0.2, 0) is 13.2 Å². The van der Waals surface area contributed by atoms with E-state index in [9.17, 15) is 22.8 Å². The third kappa shape index (κ3) is 5.58. The zero-order valence-electron chi connectivity index (χ0n) is 21.2. The van der Waals surface area contributed by atoms with Crippen molar-refractivity contribution < 1.29 is 27.5 Å². The van der Waals surface area contributed by atoms with E-state index in [2.05, 4.69) is 15.6 Å². The Labute approximate surface area is 222 Å². The molecule has 0 spiro atoms. The number of hydrogen-bond acceptors (Lipinski definition) is 5. The molecule has 2 amide bonds. The Balaban J connectivity index is 1.26. The summed E-state index contributed by atoms with van der Waals surface area (Å²) in [5.41, 5.74) is 1.11. The molecule has 39 heavy (non-hydrogen) atoms. The SMILES string of the molecule is C[C@@H]1CNCCN1C(=O)c1cc2cc(Oc3ccc(NC(=O)c4ccc(C(F)(F)F)cc4)cn3)ccc2n1C. The highest BCUT2D eigenvalue weighted by Gasteiger charge is 2.30. The second kappa shape index (κ2) is 10.4. The number of nitrogens with one attached hydrogen (secondary N) is 2. The average Bonchev–Trinajstić information content (AvgIpc) is 3.24.